The third-order valence-electron chi connectivity index (χ3n) is 7.46. The van der Waals surface area contributed by atoms with Crippen LogP contribution in [0.5, 0.6) is 0 Å². The predicted molar refractivity (Wildman–Crippen MR) is 175 cm³/mol. The molecule has 0 aliphatic carbocycles. The second-order valence-electron chi connectivity index (χ2n) is 11.1. The number of carbonyl (C=O) groups is 2. The Morgan fingerprint density at radius 2 is 1.49 bits per heavy atom. The number of aryl methyl sites for hydroxylation is 1. The Bertz CT molecular complexity index is 1510. The molecular formula is C33H41Cl2N3O4S. The number of hydrogen-bond donors (Lipinski definition) is 1. The van der Waals surface area contributed by atoms with Crippen LogP contribution in [0.4, 0.5) is 5.69 Å². The van der Waals surface area contributed by atoms with E-state index in [1.54, 1.807) is 42.5 Å². The lowest BCUT2D eigenvalue weighted by Gasteiger charge is -2.34. The van der Waals surface area contributed by atoms with E-state index in [0.29, 0.717) is 27.7 Å². The normalized spacial score (nSPS) is 13.0. The zero-order valence-electron chi connectivity index (χ0n) is 25.6. The molecule has 0 aliphatic heterocycles. The van der Waals surface area contributed by atoms with Crippen molar-refractivity contribution in [2.75, 3.05) is 10.8 Å². The lowest BCUT2D eigenvalue weighted by atomic mass is 10.0. The molecule has 0 unspecified atom stereocenters. The molecule has 0 heterocycles. The molecule has 0 bridgehead atoms. The molecule has 3 aromatic rings. The van der Waals surface area contributed by atoms with Crippen LogP contribution in [-0.4, -0.2) is 43.8 Å². The van der Waals surface area contributed by atoms with Gasteiger partial charge in [0, 0.05) is 12.6 Å². The maximum Gasteiger partial charge on any atom is 0.264 e. The molecule has 43 heavy (non-hydrogen) atoms. The van der Waals surface area contributed by atoms with Gasteiger partial charge in [0.25, 0.3) is 10.0 Å². The van der Waals surface area contributed by atoms with E-state index in [-0.39, 0.29) is 29.3 Å². The minimum atomic E-state index is -4.15. The van der Waals surface area contributed by atoms with Crippen molar-refractivity contribution in [1.29, 1.82) is 0 Å². The molecule has 0 spiro atoms. The molecule has 0 fully saturated rings. The van der Waals surface area contributed by atoms with Crippen molar-refractivity contribution < 1.29 is 18.0 Å². The molecule has 0 saturated heterocycles. The predicted octanol–water partition coefficient (Wildman–Crippen LogP) is 7.34. The standard InChI is InChI=1S/C33H41Cl2N3O4S/c1-7-24(6)36-33(40)31(8-2)37(20-25-11-18-29(34)30(35)19-25)32(39)21-38(27-14-12-26(13-15-27)22(3)4)43(41,42)28-16-9-23(5)10-17-28/h9-19,22,24,31H,7-8,20-21H2,1-6H3,(H,36,40)/t24-,31+/m0/s1. The molecular weight excluding hydrogens is 605 g/mol. The van der Waals surface area contributed by atoms with E-state index in [1.165, 1.54) is 17.0 Å². The van der Waals surface area contributed by atoms with Crippen LogP contribution in [0.2, 0.25) is 10.0 Å². The molecule has 3 rings (SSSR count). The van der Waals surface area contributed by atoms with Gasteiger partial charge in [0.1, 0.15) is 12.6 Å². The van der Waals surface area contributed by atoms with Crippen molar-refractivity contribution >= 4 is 50.7 Å². The second-order valence-corrected chi connectivity index (χ2v) is 13.8. The number of anilines is 1. The molecule has 232 valence electrons. The highest BCUT2D eigenvalue weighted by molar-refractivity contribution is 7.92. The summed E-state index contributed by atoms with van der Waals surface area (Å²) in [5, 5.41) is 3.66. The summed E-state index contributed by atoms with van der Waals surface area (Å²) < 4.78 is 29.2. The van der Waals surface area contributed by atoms with Crippen molar-refractivity contribution in [2.45, 2.75) is 83.8 Å². The van der Waals surface area contributed by atoms with Crippen LogP contribution < -0.4 is 9.62 Å². The van der Waals surface area contributed by atoms with Crippen LogP contribution in [0.3, 0.4) is 0 Å². The van der Waals surface area contributed by atoms with Gasteiger partial charge in [0.05, 0.1) is 20.6 Å². The van der Waals surface area contributed by atoms with Crippen LogP contribution >= 0.6 is 23.2 Å². The van der Waals surface area contributed by atoms with E-state index in [0.717, 1.165) is 21.9 Å². The average Bonchev–Trinajstić information content (AvgIpc) is 2.97. The van der Waals surface area contributed by atoms with Crippen LogP contribution in [0.1, 0.15) is 70.1 Å². The lowest BCUT2D eigenvalue weighted by Crippen LogP contribution is -2.53. The van der Waals surface area contributed by atoms with Crippen molar-refractivity contribution in [2.24, 2.45) is 0 Å². The summed E-state index contributed by atoms with van der Waals surface area (Å²) in [5.74, 6) is -0.589. The maximum atomic E-state index is 14.2. The number of halogens is 2. The molecule has 0 aliphatic rings. The monoisotopic (exact) mass is 645 g/mol. The number of benzene rings is 3. The van der Waals surface area contributed by atoms with Crippen LogP contribution in [-0.2, 0) is 26.2 Å². The van der Waals surface area contributed by atoms with Gasteiger partial charge in [0.15, 0.2) is 0 Å². The number of hydrogen-bond acceptors (Lipinski definition) is 4. The second kappa shape index (κ2) is 15.1. The number of carbonyl (C=O) groups excluding carboxylic acids is 2. The lowest BCUT2D eigenvalue weighted by molar-refractivity contribution is -0.140. The van der Waals surface area contributed by atoms with Gasteiger partial charge in [-0.05, 0) is 80.1 Å². The van der Waals surface area contributed by atoms with Crippen molar-refractivity contribution in [3.8, 4) is 0 Å². The topological polar surface area (TPSA) is 86.8 Å². The minimum absolute atomic E-state index is 0.0346. The summed E-state index contributed by atoms with van der Waals surface area (Å²) in [6.07, 6.45) is 1.04. The SMILES string of the molecule is CC[C@H](C(=O)N[C@@H](C)CC)N(Cc1ccc(Cl)c(Cl)c1)C(=O)CN(c1ccc(C(C)C)cc1)S(=O)(=O)c1ccc(C)cc1. The first-order valence-corrected chi connectivity index (χ1v) is 16.7. The molecule has 1 N–H and O–H groups in total. The Morgan fingerprint density at radius 1 is 0.860 bits per heavy atom. The third kappa shape index (κ3) is 8.74. The highest BCUT2D eigenvalue weighted by Gasteiger charge is 2.34. The van der Waals surface area contributed by atoms with Crippen molar-refractivity contribution in [3.63, 3.8) is 0 Å². The van der Waals surface area contributed by atoms with Crippen molar-refractivity contribution in [1.82, 2.24) is 10.2 Å². The number of rotatable bonds is 13. The summed E-state index contributed by atoms with van der Waals surface area (Å²) >= 11 is 12.4. The van der Waals surface area contributed by atoms with Crippen LogP contribution in [0.15, 0.2) is 71.6 Å². The quantitative estimate of drug-likeness (QED) is 0.211. The summed E-state index contributed by atoms with van der Waals surface area (Å²) in [4.78, 5) is 29.1. The highest BCUT2D eigenvalue weighted by atomic mass is 35.5. The molecule has 0 saturated carbocycles. The van der Waals surface area contributed by atoms with Gasteiger partial charge >= 0.3 is 0 Å². The van der Waals surface area contributed by atoms with Gasteiger partial charge in [0.2, 0.25) is 11.8 Å². The van der Waals surface area contributed by atoms with E-state index >= 15 is 0 Å². The van der Waals surface area contributed by atoms with Gasteiger partial charge in [-0.25, -0.2) is 8.42 Å². The van der Waals surface area contributed by atoms with E-state index < -0.39 is 28.5 Å². The highest BCUT2D eigenvalue weighted by Crippen LogP contribution is 2.28. The summed E-state index contributed by atoms with van der Waals surface area (Å²) in [7, 11) is -4.15. The first-order chi connectivity index (χ1) is 20.3. The smallest absolute Gasteiger partial charge is 0.264 e. The van der Waals surface area contributed by atoms with E-state index in [9.17, 15) is 18.0 Å². The fourth-order valence-corrected chi connectivity index (χ4v) is 6.32. The largest absolute Gasteiger partial charge is 0.352 e. The fourth-order valence-electron chi connectivity index (χ4n) is 4.59. The Morgan fingerprint density at radius 3 is 2.02 bits per heavy atom. The Hall–Kier alpha value is -3.07. The number of amides is 2. The van der Waals surface area contributed by atoms with Crippen LogP contribution in [0.25, 0.3) is 0 Å². The third-order valence-corrected chi connectivity index (χ3v) is 9.99. The minimum Gasteiger partial charge on any atom is -0.352 e. The molecule has 3 aromatic carbocycles. The van der Waals surface area contributed by atoms with E-state index in [4.69, 9.17) is 23.2 Å². The van der Waals surface area contributed by atoms with Gasteiger partial charge in [-0.2, -0.15) is 0 Å². The van der Waals surface area contributed by atoms with E-state index in [2.05, 4.69) is 19.2 Å². The van der Waals surface area contributed by atoms with Gasteiger partial charge < -0.3 is 10.2 Å². The van der Waals surface area contributed by atoms with E-state index in [1.807, 2.05) is 39.8 Å². The van der Waals surface area contributed by atoms with Gasteiger partial charge in [-0.3, -0.25) is 13.9 Å². The molecule has 7 nitrogen and oxygen atoms in total. The summed E-state index contributed by atoms with van der Waals surface area (Å²) in [5.41, 5.74) is 2.96. The van der Waals surface area contributed by atoms with Crippen molar-refractivity contribution in [3.05, 3.63) is 93.5 Å². The first kappa shape index (κ1) is 34.4. The molecule has 10 heteroatoms. The van der Waals surface area contributed by atoms with Gasteiger partial charge in [-0.1, -0.05) is 86.8 Å². The molecule has 2 atom stereocenters. The average molecular weight is 647 g/mol. The Kier molecular flexibility index (Phi) is 12.1. The first-order valence-electron chi connectivity index (χ1n) is 14.5. The van der Waals surface area contributed by atoms with Crippen LogP contribution in [0, 0.1) is 6.92 Å². The molecule has 0 aromatic heterocycles. The Balaban J connectivity index is 2.09. The summed E-state index contributed by atoms with van der Waals surface area (Å²) in [6, 6.07) is 17.7. The number of sulfonamides is 1. The maximum absolute atomic E-state index is 14.2. The zero-order chi connectivity index (χ0) is 31.9. The molecule has 2 amide bonds. The fraction of sp³-hybridized carbons (Fsp3) is 0.394. The zero-order valence-corrected chi connectivity index (χ0v) is 27.9. The van der Waals surface area contributed by atoms with Gasteiger partial charge in [-0.15, -0.1) is 0 Å². The summed E-state index contributed by atoms with van der Waals surface area (Å²) in [6.45, 7) is 11.2. The Labute approximate surface area is 266 Å². The number of nitrogens with one attached hydrogen (secondary N) is 1. The molecule has 0 radical (unpaired) electrons. The number of nitrogens with zero attached hydrogens (tertiary/aromatic N) is 2.